The Morgan fingerprint density at radius 3 is 2.52 bits per heavy atom. The van der Waals surface area contributed by atoms with Crippen molar-refractivity contribution in [1.82, 2.24) is 4.31 Å². The van der Waals surface area contributed by atoms with Crippen LogP contribution in [-0.2, 0) is 14.8 Å². The molecule has 0 unspecified atom stereocenters. The van der Waals surface area contributed by atoms with Gasteiger partial charge in [-0.3, -0.25) is 4.79 Å². The van der Waals surface area contributed by atoms with Crippen LogP contribution in [-0.4, -0.2) is 38.3 Å². The first-order chi connectivity index (χ1) is 13.0. The number of nitrogens with zero attached hydrogens (tertiary/aromatic N) is 1. The highest BCUT2D eigenvalue weighted by molar-refractivity contribution is 7.89. The summed E-state index contributed by atoms with van der Waals surface area (Å²) in [7, 11) is -3.45. The van der Waals surface area contributed by atoms with E-state index in [-0.39, 0.29) is 23.4 Å². The number of benzene rings is 1. The summed E-state index contributed by atoms with van der Waals surface area (Å²) in [6.07, 6.45) is 4.49. The van der Waals surface area contributed by atoms with Gasteiger partial charge in [-0.05, 0) is 56.2 Å². The van der Waals surface area contributed by atoms with Crippen LogP contribution in [0, 0.1) is 0 Å². The van der Waals surface area contributed by atoms with Crippen LogP contribution in [0.4, 0.5) is 5.69 Å². The van der Waals surface area contributed by atoms with Gasteiger partial charge < -0.3 is 15.1 Å². The molecule has 27 heavy (non-hydrogen) atoms. The van der Waals surface area contributed by atoms with Gasteiger partial charge in [0.2, 0.25) is 10.0 Å². The number of hydrogen-bond donors (Lipinski definition) is 2. The van der Waals surface area contributed by atoms with Gasteiger partial charge in [-0.15, -0.1) is 0 Å². The van der Waals surface area contributed by atoms with Gasteiger partial charge >= 0.3 is 0 Å². The molecule has 1 saturated heterocycles. The maximum absolute atomic E-state index is 12.6. The predicted octanol–water partition coefficient (Wildman–Crippen LogP) is 1.72. The summed E-state index contributed by atoms with van der Waals surface area (Å²) in [5.74, 6) is 0.662. The van der Waals surface area contributed by atoms with E-state index >= 15 is 0 Å². The standard InChI is InChI=1S/C19H25N3O4S/c1-15(18-6-5-13-26-18)20-14-19(23)21-16-7-9-17(10-8-16)27(24,25)22-11-3-2-4-12-22/h5-10,13,15,20H,2-4,11-12,14H2,1H3,(H,21,23)/p+1/t15-/m0/s1. The van der Waals surface area contributed by atoms with Gasteiger partial charge in [0.25, 0.3) is 5.91 Å². The van der Waals surface area contributed by atoms with Gasteiger partial charge in [0.05, 0.1) is 11.2 Å². The fourth-order valence-electron chi connectivity index (χ4n) is 3.13. The lowest BCUT2D eigenvalue weighted by molar-refractivity contribution is -0.684. The van der Waals surface area contributed by atoms with E-state index in [2.05, 4.69) is 5.32 Å². The lowest BCUT2D eigenvalue weighted by Gasteiger charge is -2.25. The predicted molar refractivity (Wildman–Crippen MR) is 102 cm³/mol. The first-order valence-corrected chi connectivity index (χ1v) is 10.7. The van der Waals surface area contributed by atoms with Crippen LogP contribution >= 0.6 is 0 Å². The number of amides is 1. The second kappa shape index (κ2) is 8.69. The molecule has 7 nitrogen and oxygen atoms in total. The van der Waals surface area contributed by atoms with Crippen LogP contribution in [0.2, 0.25) is 0 Å². The zero-order chi connectivity index (χ0) is 19.3. The van der Waals surface area contributed by atoms with Crippen molar-refractivity contribution in [3.05, 3.63) is 48.4 Å². The van der Waals surface area contributed by atoms with Crippen LogP contribution in [0.3, 0.4) is 0 Å². The van der Waals surface area contributed by atoms with E-state index in [1.807, 2.05) is 24.4 Å². The highest BCUT2D eigenvalue weighted by Gasteiger charge is 2.25. The fourth-order valence-corrected chi connectivity index (χ4v) is 4.64. The maximum Gasteiger partial charge on any atom is 0.279 e. The summed E-state index contributed by atoms with van der Waals surface area (Å²) in [5.41, 5.74) is 0.580. The quantitative estimate of drug-likeness (QED) is 0.750. The Hall–Kier alpha value is -2.16. The fraction of sp³-hybridized carbons (Fsp3) is 0.421. The maximum atomic E-state index is 12.6. The molecular weight excluding hydrogens is 366 g/mol. The minimum atomic E-state index is -3.45. The molecule has 146 valence electrons. The number of rotatable bonds is 7. The number of carbonyl (C=O) groups excluding carboxylic acids is 1. The molecule has 1 fully saturated rings. The summed E-state index contributed by atoms with van der Waals surface area (Å²) in [4.78, 5) is 12.4. The summed E-state index contributed by atoms with van der Waals surface area (Å²) in [6, 6.07) is 10.1. The van der Waals surface area contributed by atoms with Gasteiger partial charge in [0.15, 0.2) is 12.3 Å². The molecule has 1 aromatic heterocycles. The molecule has 2 heterocycles. The highest BCUT2D eigenvalue weighted by atomic mass is 32.2. The molecule has 0 aliphatic carbocycles. The van der Waals surface area contributed by atoms with Crippen LogP contribution in [0.25, 0.3) is 0 Å². The van der Waals surface area contributed by atoms with Crippen LogP contribution < -0.4 is 10.6 Å². The molecule has 0 bridgehead atoms. The van der Waals surface area contributed by atoms with Crippen molar-refractivity contribution >= 4 is 21.6 Å². The lowest BCUT2D eigenvalue weighted by atomic mass is 10.2. The van der Waals surface area contributed by atoms with E-state index in [1.165, 1.54) is 4.31 Å². The Labute approximate surface area is 159 Å². The van der Waals surface area contributed by atoms with Gasteiger partial charge in [-0.1, -0.05) is 6.42 Å². The second-order valence-corrected chi connectivity index (χ2v) is 8.72. The van der Waals surface area contributed by atoms with Gasteiger partial charge in [0, 0.05) is 18.8 Å². The molecular formula is C19H26N3O4S+. The van der Waals surface area contributed by atoms with E-state index in [4.69, 9.17) is 4.42 Å². The number of piperidine rings is 1. The van der Waals surface area contributed by atoms with Crippen LogP contribution in [0.5, 0.6) is 0 Å². The van der Waals surface area contributed by atoms with E-state index in [1.54, 1.807) is 30.5 Å². The first-order valence-electron chi connectivity index (χ1n) is 9.23. The average molecular weight is 393 g/mol. The zero-order valence-electron chi connectivity index (χ0n) is 15.4. The number of nitrogens with one attached hydrogen (secondary N) is 1. The third kappa shape index (κ3) is 4.97. The third-order valence-electron chi connectivity index (χ3n) is 4.74. The number of quaternary nitrogens is 1. The number of nitrogens with two attached hydrogens (primary N) is 1. The summed E-state index contributed by atoms with van der Waals surface area (Å²) in [6.45, 7) is 3.36. The van der Waals surface area contributed by atoms with Gasteiger partial charge in [-0.2, -0.15) is 4.31 Å². The van der Waals surface area contributed by atoms with E-state index in [9.17, 15) is 13.2 Å². The Kier molecular flexibility index (Phi) is 6.30. The molecule has 0 spiro atoms. The van der Waals surface area contributed by atoms with E-state index in [0.29, 0.717) is 18.8 Å². The van der Waals surface area contributed by atoms with Crippen LogP contribution in [0.15, 0.2) is 52.0 Å². The number of sulfonamides is 1. The molecule has 2 aromatic rings. The molecule has 1 aliphatic heterocycles. The Balaban J connectivity index is 1.54. The number of carbonyl (C=O) groups is 1. The smallest absolute Gasteiger partial charge is 0.279 e. The normalized spacial score (nSPS) is 16.8. The largest absolute Gasteiger partial charge is 0.463 e. The molecule has 1 aromatic carbocycles. The Morgan fingerprint density at radius 2 is 1.89 bits per heavy atom. The molecule has 3 rings (SSSR count). The monoisotopic (exact) mass is 392 g/mol. The van der Waals surface area contributed by atoms with Crippen molar-refractivity contribution in [2.45, 2.75) is 37.1 Å². The van der Waals surface area contributed by atoms with Crippen molar-refractivity contribution in [2.75, 3.05) is 25.0 Å². The van der Waals surface area contributed by atoms with E-state index < -0.39 is 10.0 Å². The zero-order valence-corrected chi connectivity index (χ0v) is 16.2. The van der Waals surface area contributed by atoms with Crippen molar-refractivity contribution in [1.29, 1.82) is 0 Å². The third-order valence-corrected chi connectivity index (χ3v) is 6.65. The molecule has 0 saturated carbocycles. The average Bonchev–Trinajstić information content (AvgIpc) is 3.22. The number of furan rings is 1. The lowest BCUT2D eigenvalue weighted by Crippen LogP contribution is -2.86. The van der Waals surface area contributed by atoms with Crippen LogP contribution in [0.1, 0.15) is 38.0 Å². The van der Waals surface area contributed by atoms with E-state index in [0.717, 1.165) is 25.0 Å². The molecule has 0 radical (unpaired) electrons. The molecule has 3 N–H and O–H groups in total. The van der Waals surface area contributed by atoms with Crippen molar-refractivity contribution in [3.63, 3.8) is 0 Å². The molecule has 1 aliphatic rings. The summed E-state index contributed by atoms with van der Waals surface area (Å²) >= 11 is 0. The summed E-state index contributed by atoms with van der Waals surface area (Å²) < 4.78 is 32.1. The molecule has 1 amide bonds. The first kappa shape index (κ1) is 19.6. The minimum absolute atomic E-state index is 0.0443. The van der Waals surface area contributed by atoms with Crippen molar-refractivity contribution in [2.24, 2.45) is 0 Å². The van der Waals surface area contributed by atoms with Crippen molar-refractivity contribution in [3.8, 4) is 0 Å². The minimum Gasteiger partial charge on any atom is -0.463 e. The Bertz CT molecular complexity index is 842. The number of anilines is 1. The molecule has 1 atom stereocenters. The number of hydrogen-bond acceptors (Lipinski definition) is 4. The SMILES string of the molecule is C[C@H]([NH2+]CC(=O)Nc1ccc(S(=O)(=O)N2CCCCC2)cc1)c1ccco1. The van der Waals surface area contributed by atoms with Gasteiger partial charge in [-0.25, -0.2) is 8.42 Å². The van der Waals surface area contributed by atoms with Gasteiger partial charge in [0.1, 0.15) is 6.04 Å². The topological polar surface area (TPSA) is 96.2 Å². The molecule has 8 heteroatoms. The second-order valence-electron chi connectivity index (χ2n) is 6.78. The highest BCUT2D eigenvalue weighted by Crippen LogP contribution is 2.21. The van der Waals surface area contributed by atoms with Crippen molar-refractivity contribution < 1.29 is 22.9 Å². The summed E-state index contributed by atoms with van der Waals surface area (Å²) in [5, 5.41) is 4.67. The Morgan fingerprint density at radius 1 is 1.19 bits per heavy atom.